The maximum Gasteiger partial charge on any atom is 0.337 e. The van der Waals surface area contributed by atoms with Gasteiger partial charge in [-0.25, -0.2) is 4.79 Å². The van der Waals surface area contributed by atoms with Crippen LogP contribution in [-0.4, -0.2) is 17.0 Å². The van der Waals surface area contributed by atoms with Crippen LogP contribution in [0, 0.1) is 5.92 Å². The largest absolute Gasteiger partial charge is 0.478 e. The lowest BCUT2D eigenvalue weighted by atomic mass is 10.0. The fraction of sp³-hybridized carbons (Fsp3) is 0.429. The molecule has 0 radical (unpaired) electrons. The Morgan fingerprint density at radius 3 is 2.63 bits per heavy atom. The highest BCUT2D eigenvalue weighted by molar-refractivity contribution is 6.33. The van der Waals surface area contributed by atoms with Crippen molar-refractivity contribution in [2.24, 2.45) is 5.92 Å². The first-order valence-corrected chi connectivity index (χ1v) is 6.67. The molecule has 1 aromatic rings. The number of anilines is 1. The van der Waals surface area contributed by atoms with E-state index in [-0.39, 0.29) is 22.4 Å². The summed E-state index contributed by atoms with van der Waals surface area (Å²) in [5.41, 5.74) is 0.544. The number of nitrogens with one attached hydrogen (secondary N) is 1. The first-order valence-electron chi connectivity index (χ1n) is 6.29. The second-order valence-electron chi connectivity index (χ2n) is 4.53. The van der Waals surface area contributed by atoms with Gasteiger partial charge in [0, 0.05) is 11.6 Å². The summed E-state index contributed by atoms with van der Waals surface area (Å²) in [6, 6.07) is 4.38. The molecule has 1 aromatic carbocycles. The molecule has 5 heteroatoms. The van der Waals surface area contributed by atoms with Gasteiger partial charge in [0.05, 0.1) is 10.6 Å². The summed E-state index contributed by atoms with van der Waals surface area (Å²) in [5.74, 6) is -1.23. The molecule has 0 fully saturated rings. The highest BCUT2D eigenvalue weighted by Crippen LogP contribution is 2.22. The second kappa shape index (κ2) is 7.14. The fourth-order valence-electron chi connectivity index (χ4n) is 1.67. The number of unbranched alkanes of at least 4 members (excludes halogenated alkanes) is 1. The van der Waals surface area contributed by atoms with E-state index >= 15 is 0 Å². The summed E-state index contributed by atoms with van der Waals surface area (Å²) in [5, 5.41) is 11.7. The van der Waals surface area contributed by atoms with Gasteiger partial charge in [0.2, 0.25) is 5.91 Å². The van der Waals surface area contributed by atoms with Crippen LogP contribution in [0.25, 0.3) is 0 Å². The van der Waals surface area contributed by atoms with Crippen molar-refractivity contribution in [1.29, 1.82) is 0 Å². The van der Waals surface area contributed by atoms with Crippen LogP contribution < -0.4 is 5.32 Å². The van der Waals surface area contributed by atoms with Gasteiger partial charge in [-0.05, 0) is 24.6 Å². The summed E-state index contributed by atoms with van der Waals surface area (Å²) < 4.78 is 0. The van der Waals surface area contributed by atoms with Crippen LogP contribution >= 0.6 is 11.6 Å². The van der Waals surface area contributed by atoms with E-state index < -0.39 is 5.97 Å². The Labute approximate surface area is 117 Å². The molecule has 1 rings (SSSR count). The van der Waals surface area contributed by atoms with Gasteiger partial charge in [-0.1, -0.05) is 38.3 Å². The van der Waals surface area contributed by atoms with Gasteiger partial charge in [-0.2, -0.15) is 0 Å². The Bertz CT molecular complexity index is 474. The molecule has 0 aliphatic rings. The number of carboxylic acids is 1. The Morgan fingerprint density at radius 1 is 1.42 bits per heavy atom. The highest BCUT2D eigenvalue weighted by atomic mass is 35.5. The molecule has 0 aromatic heterocycles. The number of carbonyl (C=O) groups excluding carboxylic acids is 1. The molecular weight excluding hydrogens is 266 g/mol. The van der Waals surface area contributed by atoms with Crippen molar-refractivity contribution in [2.45, 2.75) is 33.1 Å². The zero-order valence-corrected chi connectivity index (χ0v) is 11.8. The minimum Gasteiger partial charge on any atom is -0.478 e. The molecule has 104 valence electrons. The lowest BCUT2D eigenvalue weighted by molar-refractivity contribution is -0.119. The number of carboxylic acid groups (broad SMARTS) is 1. The van der Waals surface area contributed by atoms with Gasteiger partial charge in [-0.15, -0.1) is 0 Å². The molecule has 0 aliphatic heterocycles. The van der Waals surface area contributed by atoms with Gasteiger partial charge in [0.25, 0.3) is 0 Å². The van der Waals surface area contributed by atoms with Crippen molar-refractivity contribution >= 4 is 29.2 Å². The lowest BCUT2D eigenvalue weighted by Crippen LogP contribution is -2.20. The van der Waals surface area contributed by atoms with Crippen molar-refractivity contribution in [3.05, 3.63) is 28.8 Å². The van der Waals surface area contributed by atoms with Crippen molar-refractivity contribution in [2.75, 3.05) is 5.32 Å². The van der Waals surface area contributed by atoms with E-state index in [0.717, 1.165) is 19.3 Å². The summed E-state index contributed by atoms with van der Waals surface area (Å²) in [7, 11) is 0. The first-order chi connectivity index (χ1) is 8.95. The Balaban J connectivity index is 2.70. The van der Waals surface area contributed by atoms with Crippen LogP contribution in [0.2, 0.25) is 5.02 Å². The summed E-state index contributed by atoms with van der Waals surface area (Å²) in [6.45, 7) is 3.95. The molecule has 0 spiro atoms. The zero-order chi connectivity index (χ0) is 14.4. The average Bonchev–Trinajstić information content (AvgIpc) is 2.35. The fourth-order valence-corrected chi connectivity index (χ4v) is 1.93. The van der Waals surface area contributed by atoms with Crippen LogP contribution in [-0.2, 0) is 4.79 Å². The molecule has 2 N–H and O–H groups in total. The van der Waals surface area contributed by atoms with Crippen LogP contribution in [0.15, 0.2) is 18.2 Å². The van der Waals surface area contributed by atoms with Gasteiger partial charge in [0.15, 0.2) is 0 Å². The molecule has 0 aliphatic carbocycles. The Morgan fingerprint density at radius 2 is 2.11 bits per heavy atom. The number of carbonyl (C=O) groups is 2. The minimum absolute atomic E-state index is 0.0266. The average molecular weight is 284 g/mol. The van der Waals surface area contributed by atoms with E-state index in [4.69, 9.17) is 16.7 Å². The number of rotatable bonds is 6. The summed E-state index contributed by atoms with van der Waals surface area (Å²) in [6.07, 6.45) is 2.90. The zero-order valence-electron chi connectivity index (χ0n) is 11.1. The number of aromatic carboxylic acids is 1. The molecule has 0 saturated carbocycles. The minimum atomic E-state index is -1.08. The number of hydrogen-bond acceptors (Lipinski definition) is 2. The molecule has 1 atom stereocenters. The maximum atomic E-state index is 11.9. The van der Waals surface area contributed by atoms with Gasteiger partial charge in [0.1, 0.15) is 0 Å². The Kier molecular flexibility index (Phi) is 5.83. The smallest absolute Gasteiger partial charge is 0.337 e. The first kappa shape index (κ1) is 15.5. The third-order valence-electron chi connectivity index (χ3n) is 2.91. The van der Waals surface area contributed by atoms with Crippen LogP contribution in [0.3, 0.4) is 0 Å². The number of hydrogen-bond donors (Lipinski definition) is 2. The van der Waals surface area contributed by atoms with Crippen LogP contribution in [0.1, 0.15) is 43.5 Å². The lowest BCUT2D eigenvalue weighted by Gasteiger charge is -2.12. The number of benzene rings is 1. The van der Waals surface area contributed by atoms with Crippen LogP contribution in [0.5, 0.6) is 0 Å². The van der Waals surface area contributed by atoms with Crippen molar-refractivity contribution in [1.82, 2.24) is 0 Å². The van der Waals surface area contributed by atoms with Gasteiger partial charge in [-0.3, -0.25) is 4.79 Å². The topological polar surface area (TPSA) is 66.4 Å². The Hall–Kier alpha value is -1.55. The van der Waals surface area contributed by atoms with E-state index in [9.17, 15) is 9.59 Å². The third-order valence-corrected chi connectivity index (χ3v) is 3.22. The van der Waals surface area contributed by atoms with Crippen molar-refractivity contribution in [3.8, 4) is 0 Å². The number of halogens is 1. The predicted octanol–water partition coefficient (Wildman–Crippen LogP) is 3.80. The second-order valence-corrected chi connectivity index (χ2v) is 4.94. The molecular formula is C14H18ClNO3. The summed E-state index contributed by atoms with van der Waals surface area (Å²) >= 11 is 5.84. The van der Waals surface area contributed by atoms with Gasteiger partial charge >= 0.3 is 5.97 Å². The molecule has 0 bridgehead atoms. The molecule has 1 amide bonds. The molecule has 1 unspecified atom stereocenters. The molecule has 0 saturated heterocycles. The third kappa shape index (κ3) is 4.56. The quantitative estimate of drug-likeness (QED) is 0.834. The number of amides is 1. The van der Waals surface area contributed by atoms with E-state index in [1.807, 2.05) is 6.92 Å². The van der Waals surface area contributed by atoms with E-state index in [0.29, 0.717) is 5.69 Å². The predicted molar refractivity (Wildman–Crippen MR) is 75.7 cm³/mol. The highest BCUT2D eigenvalue weighted by Gasteiger charge is 2.14. The van der Waals surface area contributed by atoms with E-state index in [1.165, 1.54) is 12.1 Å². The van der Waals surface area contributed by atoms with Crippen molar-refractivity contribution < 1.29 is 14.7 Å². The maximum absolute atomic E-state index is 11.9. The standard InChI is InChI=1S/C14H18ClNO3/c1-3-4-5-9(2)13(17)16-10-6-7-11(14(18)19)12(15)8-10/h6-9H,3-5H2,1-2H3,(H,16,17)(H,18,19). The summed E-state index contributed by atoms with van der Waals surface area (Å²) in [4.78, 5) is 22.7. The SMILES string of the molecule is CCCCC(C)C(=O)Nc1ccc(C(=O)O)c(Cl)c1. The molecule has 4 nitrogen and oxygen atoms in total. The normalized spacial score (nSPS) is 11.9. The van der Waals surface area contributed by atoms with Gasteiger partial charge < -0.3 is 10.4 Å². The monoisotopic (exact) mass is 283 g/mol. The molecule has 19 heavy (non-hydrogen) atoms. The van der Waals surface area contributed by atoms with E-state index in [1.54, 1.807) is 6.07 Å². The van der Waals surface area contributed by atoms with E-state index in [2.05, 4.69) is 12.2 Å². The van der Waals surface area contributed by atoms with Crippen molar-refractivity contribution in [3.63, 3.8) is 0 Å². The molecule has 0 heterocycles. The van der Waals surface area contributed by atoms with Crippen LogP contribution in [0.4, 0.5) is 5.69 Å².